The third-order valence-electron chi connectivity index (χ3n) is 7.89. The van der Waals surface area contributed by atoms with Crippen molar-refractivity contribution in [3.05, 3.63) is 188 Å². The summed E-state index contributed by atoms with van der Waals surface area (Å²) in [5.41, 5.74) is 2.43. The van der Waals surface area contributed by atoms with Crippen LogP contribution in [0.3, 0.4) is 0 Å². The van der Waals surface area contributed by atoms with Crippen LogP contribution in [0.5, 0.6) is 0 Å². The molecule has 269 valence electrons. The molecule has 7 rings (SSSR count). The van der Waals surface area contributed by atoms with Crippen LogP contribution in [0.4, 0.5) is 0 Å². The summed E-state index contributed by atoms with van der Waals surface area (Å²) in [6.07, 6.45) is 18.3. The van der Waals surface area contributed by atoms with Crippen molar-refractivity contribution >= 4 is 65.3 Å². The molecule has 3 heterocycles. The van der Waals surface area contributed by atoms with Crippen molar-refractivity contribution in [3.8, 4) is 0 Å². The summed E-state index contributed by atoms with van der Waals surface area (Å²) in [6, 6.07) is 40.7. The van der Waals surface area contributed by atoms with Crippen LogP contribution in [0.15, 0.2) is 171 Å². The monoisotopic (exact) mass is 840 g/mol. The number of hydrogen-bond acceptors (Lipinski definition) is 5. The molecule has 1 radical (unpaired) electrons. The molecule has 0 aliphatic rings. The Morgan fingerprint density at radius 2 is 1.08 bits per heavy atom. The maximum atomic E-state index is 5.32. The number of aryl methyl sites for hydroxylation is 1. The molecule has 53 heavy (non-hydrogen) atoms. The topological polar surface area (TPSA) is 56.7 Å². The average molecular weight is 840 g/mol. The van der Waals surface area contributed by atoms with Gasteiger partial charge in [0.2, 0.25) is 7.12 Å². The summed E-state index contributed by atoms with van der Waals surface area (Å²) in [4.78, 5) is 14.3. The molecule has 0 spiro atoms. The molecule has 0 fully saturated rings. The fraction of sp³-hybridized carbons (Fsp3) is 0.122. The quantitative estimate of drug-likeness (QED) is 0.0608. The predicted octanol–water partition coefficient (Wildman–Crippen LogP) is 7.78. The van der Waals surface area contributed by atoms with Gasteiger partial charge >= 0.3 is 19.5 Å². The van der Waals surface area contributed by atoms with Crippen LogP contribution in [0.1, 0.15) is 25.0 Å². The maximum Gasteiger partial charge on any atom is 2.00 e. The van der Waals surface area contributed by atoms with Crippen molar-refractivity contribution in [2.75, 3.05) is 13.1 Å². The van der Waals surface area contributed by atoms with Crippen molar-refractivity contribution in [1.82, 2.24) is 33.3 Å². The van der Waals surface area contributed by atoms with Gasteiger partial charge in [-0.1, -0.05) is 121 Å². The van der Waals surface area contributed by atoms with Crippen LogP contribution < -0.4 is 15.9 Å². The summed E-state index contributed by atoms with van der Waals surface area (Å²) in [5.74, 6) is 0. The van der Waals surface area contributed by atoms with Gasteiger partial charge < -0.3 is 18.3 Å². The van der Waals surface area contributed by atoms with Gasteiger partial charge in [0.25, 0.3) is 0 Å². The van der Waals surface area contributed by atoms with E-state index in [9.17, 15) is 0 Å². The second kappa shape index (κ2) is 22.6. The minimum absolute atomic E-state index is 0. The minimum Gasteiger partial charge on any atom is -0.498 e. The molecule has 0 bridgehead atoms. The van der Waals surface area contributed by atoms with Crippen LogP contribution in [0.2, 0.25) is 0 Å². The zero-order valence-electron chi connectivity index (χ0n) is 30.0. The molecule has 0 saturated heterocycles. The third-order valence-corrected chi connectivity index (χ3v) is 11.5. The summed E-state index contributed by atoms with van der Waals surface area (Å²) in [6.45, 7) is 8.21. The Morgan fingerprint density at radius 1 is 0.679 bits per heavy atom. The van der Waals surface area contributed by atoms with Crippen molar-refractivity contribution in [3.63, 3.8) is 0 Å². The van der Waals surface area contributed by atoms with E-state index < -0.39 is 7.92 Å². The molecule has 0 unspecified atom stereocenters. The number of thiocarbonyl (C=S) groups is 1. The van der Waals surface area contributed by atoms with Crippen molar-refractivity contribution in [1.29, 1.82) is 0 Å². The average Bonchev–Trinajstić information content (AvgIpc) is 4.02. The molecule has 0 saturated carbocycles. The third kappa shape index (κ3) is 12.6. The fourth-order valence-corrected chi connectivity index (χ4v) is 8.61. The molecular weight excluding hydrogens is 797 g/mol. The van der Waals surface area contributed by atoms with E-state index >= 15 is 0 Å². The van der Waals surface area contributed by atoms with Gasteiger partial charge in [-0.05, 0) is 63.2 Å². The summed E-state index contributed by atoms with van der Waals surface area (Å²) < 4.78 is 6.81. The molecule has 7 nitrogen and oxygen atoms in total. The first-order valence-corrected chi connectivity index (χ1v) is 19.6. The van der Waals surface area contributed by atoms with Crippen molar-refractivity contribution in [2.45, 2.75) is 20.8 Å². The molecule has 0 amide bonds. The minimum atomic E-state index is -0.446. The van der Waals surface area contributed by atoms with E-state index in [4.69, 9.17) is 12.2 Å². The number of benzene rings is 4. The largest absolute Gasteiger partial charge is 2.00 e. The van der Waals surface area contributed by atoms with Crippen molar-refractivity contribution < 1.29 is 19.5 Å². The maximum absolute atomic E-state index is 5.32. The van der Waals surface area contributed by atoms with Crippen LogP contribution in [-0.2, 0) is 19.5 Å². The Labute approximate surface area is 337 Å². The number of hydrogen-bond donors (Lipinski definition) is 0. The number of imidazole rings is 3. The van der Waals surface area contributed by atoms with Crippen LogP contribution in [0.25, 0.3) is 6.08 Å². The van der Waals surface area contributed by atoms with E-state index in [2.05, 4.69) is 161 Å². The molecule has 3 aromatic heterocycles. The Kier molecular flexibility index (Phi) is 17.7. The van der Waals surface area contributed by atoms with Gasteiger partial charge in [-0.3, -0.25) is 0 Å². The normalized spacial score (nSPS) is 10.6. The Balaban J connectivity index is 0.000000177. The first kappa shape index (κ1) is 41.4. The van der Waals surface area contributed by atoms with E-state index in [-0.39, 0.29) is 26.6 Å². The summed E-state index contributed by atoms with van der Waals surface area (Å²) in [7, 11) is -0.495. The van der Waals surface area contributed by atoms with Gasteiger partial charge in [-0.15, -0.1) is 12.1 Å². The van der Waals surface area contributed by atoms with Gasteiger partial charge in [0, 0.05) is 31.7 Å². The van der Waals surface area contributed by atoms with Gasteiger partial charge in [0.05, 0.1) is 19.0 Å². The van der Waals surface area contributed by atoms with Gasteiger partial charge in [-0.25, -0.2) is 26.4 Å². The Morgan fingerprint density at radius 3 is 1.42 bits per heavy atom. The van der Waals surface area contributed by atoms with Crippen LogP contribution >= 0.6 is 31.9 Å². The van der Waals surface area contributed by atoms with Gasteiger partial charge in [0.15, 0.2) is 0 Å². The predicted molar refractivity (Wildman–Crippen MR) is 226 cm³/mol. The van der Waals surface area contributed by atoms with Crippen molar-refractivity contribution in [2.24, 2.45) is 0 Å². The first-order chi connectivity index (χ1) is 25.6. The Hall–Kier alpha value is -4.39. The molecule has 12 heteroatoms. The van der Waals surface area contributed by atoms with E-state index in [1.54, 1.807) is 37.6 Å². The summed E-state index contributed by atoms with van der Waals surface area (Å²) in [5, 5.41) is 7.37. The first-order valence-electron chi connectivity index (χ1n) is 17.1. The van der Waals surface area contributed by atoms with Crippen LogP contribution in [-0.4, -0.2) is 57.8 Å². The molecule has 0 N–H and O–H groups in total. The second-order valence-corrected chi connectivity index (χ2v) is 15.1. The van der Waals surface area contributed by atoms with Gasteiger partial charge in [-0.2, -0.15) is 17.3 Å². The molecule has 0 aliphatic heterocycles. The van der Waals surface area contributed by atoms with E-state index in [0.29, 0.717) is 0 Å². The summed E-state index contributed by atoms with van der Waals surface area (Å²) >= 11 is 6.80. The van der Waals surface area contributed by atoms with E-state index in [0.717, 1.165) is 23.0 Å². The smallest absolute Gasteiger partial charge is 0.498 e. The fourth-order valence-electron chi connectivity index (χ4n) is 5.22. The SMILES string of the molecule is CCN(CC)C(=S)S[C-]=Cc1ccc(C)cc1.[Ru+2].c1ccc(P(c2ccccc2)c2ccccc2)cc1.c1cn([B-](n2ccnc2)n2ccnc2)cn1. The molecule has 4 aromatic carbocycles. The number of rotatable bonds is 10. The molecule has 0 atom stereocenters. The zero-order chi connectivity index (χ0) is 36.4. The molecular formula is C41H42BN7PRuS2. The standard InChI is InChI=1S/C18H15P.C14H18NS2.C9H9BN6.Ru/c1-4-10-16(11-5-1)19(17-12-6-2-7-13-17)18-14-8-3-9-15-18;1-4-15(5-2)14(16)17-11-10-13-8-6-12(3)7-9-13;1-4-14(7-11-1)10(15-5-2-12-8-15)16-6-3-13-9-16;/h1-15H;6-10H,4-5H2,1-3H3;1-9H;/q;2*-1;+2. The number of nitrogens with zero attached hydrogens (tertiary/aromatic N) is 7. The molecule has 0 aliphatic carbocycles. The number of aromatic nitrogens is 6. The van der Waals surface area contributed by atoms with E-state index in [1.807, 2.05) is 38.1 Å². The zero-order valence-corrected chi connectivity index (χ0v) is 34.2. The number of thioether (sulfide) groups is 1. The van der Waals surface area contributed by atoms with E-state index in [1.165, 1.54) is 33.2 Å². The Bertz CT molecular complexity index is 1840. The van der Waals surface area contributed by atoms with Gasteiger partial charge in [0.1, 0.15) is 4.32 Å². The molecule has 7 aromatic rings. The second-order valence-electron chi connectivity index (χ2n) is 11.4. The van der Waals surface area contributed by atoms with Crippen LogP contribution in [0, 0.1) is 12.3 Å².